The van der Waals surface area contributed by atoms with Crippen molar-refractivity contribution >= 4 is 12.3 Å². The third-order valence-corrected chi connectivity index (χ3v) is 1.64. The van der Waals surface area contributed by atoms with Crippen molar-refractivity contribution in [3.05, 3.63) is 29.1 Å². The average Bonchev–Trinajstić information content (AvgIpc) is 2.19. The van der Waals surface area contributed by atoms with E-state index in [-0.39, 0.29) is 11.8 Å². The fraction of sp³-hybridized carbons (Fsp3) is 0.111. The van der Waals surface area contributed by atoms with Gasteiger partial charge >= 0.3 is 12.6 Å². The van der Waals surface area contributed by atoms with Crippen LogP contribution in [0, 0.1) is 5.82 Å². The molecule has 1 rings (SSSR count). The Kier molecular flexibility index (Phi) is 3.49. The van der Waals surface area contributed by atoms with Gasteiger partial charge < -0.3 is 9.84 Å². The summed E-state index contributed by atoms with van der Waals surface area (Å²) in [7, 11) is 0. The number of alkyl halides is 2. The highest BCUT2D eigenvalue weighted by Crippen LogP contribution is 2.24. The van der Waals surface area contributed by atoms with Gasteiger partial charge in [-0.15, -0.1) is 0 Å². The zero-order valence-corrected chi connectivity index (χ0v) is 7.62. The first-order valence-corrected chi connectivity index (χ1v) is 3.92. The van der Waals surface area contributed by atoms with Gasteiger partial charge in [0.1, 0.15) is 6.29 Å². The highest BCUT2D eigenvalue weighted by atomic mass is 19.3. The standard InChI is InChI=1S/C9H5F3O4/c10-7-5(8(14)15)1-4(3-13)2-6(7)16-9(11)12/h1-3,9H,(H,14,15). The Labute approximate surface area is 87.3 Å². The van der Waals surface area contributed by atoms with E-state index in [1.54, 1.807) is 0 Å². The molecule has 0 aliphatic carbocycles. The Hall–Kier alpha value is -2.05. The van der Waals surface area contributed by atoms with E-state index in [9.17, 15) is 22.8 Å². The Morgan fingerprint density at radius 3 is 2.50 bits per heavy atom. The molecule has 1 aromatic carbocycles. The average molecular weight is 234 g/mol. The molecule has 0 aliphatic heterocycles. The van der Waals surface area contributed by atoms with Crippen molar-refractivity contribution in [1.29, 1.82) is 0 Å². The first kappa shape index (κ1) is 12.0. The molecule has 0 fully saturated rings. The summed E-state index contributed by atoms with van der Waals surface area (Å²) >= 11 is 0. The first-order chi connectivity index (χ1) is 7.45. The van der Waals surface area contributed by atoms with Gasteiger partial charge in [0.05, 0.1) is 5.56 Å². The molecule has 0 saturated heterocycles. The Balaban J connectivity index is 3.31. The molecule has 1 N–H and O–H groups in total. The van der Waals surface area contributed by atoms with Crippen molar-refractivity contribution in [3.8, 4) is 5.75 Å². The molecular weight excluding hydrogens is 229 g/mol. The van der Waals surface area contributed by atoms with Crippen LogP contribution in [0.25, 0.3) is 0 Å². The van der Waals surface area contributed by atoms with Crippen LogP contribution >= 0.6 is 0 Å². The van der Waals surface area contributed by atoms with Gasteiger partial charge in [-0.1, -0.05) is 0 Å². The molecule has 0 aromatic heterocycles. The molecule has 0 atom stereocenters. The van der Waals surface area contributed by atoms with Crippen molar-refractivity contribution in [2.24, 2.45) is 0 Å². The van der Waals surface area contributed by atoms with E-state index in [4.69, 9.17) is 5.11 Å². The van der Waals surface area contributed by atoms with Crippen LogP contribution in [-0.4, -0.2) is 24.0 Å². The Bertz CT molecular complexity index is 431. The van der Waals surface area contributed by atoms with E-state index in [0.717, 1.165) is 6.07 Å². The van der Waals surface area contributed by atoms with E-state index >= 15 is 0 Å². The number of aromatic carboxylic acids is 1. The lowest BCUT2D eigenvalue weighted by molar-refractivity contribution is -0.0523. The Morgan fingerprint density at radius 1 is 1.44 bits per heavy atom. The third kappa shape index (κ3) is 2.50. The van der Waals surface area contributed by atoms with Crippen LogP contribution in [0.5, 0.6) is 5.75 Å². The number of hydrogen-bond donors (Lipinski definition) is 1. The lowest BCUT2D eigenvalue weighted by atomic mass is 10.1. The van der Waals surface area contributed by atoms with Gasteiger partial charge in [0, 0.05) is 5.56 Å². The smallest absolute Gasteiger partial charge is 0.387 e. The minimum Gasteiger partial charge on any atom is -0.478 e. The molecule has 1 aromatic rings. The van der Waals surface area contributed by atoms with Gasteiger partial charge in [-0.2, -0.15) is 8.78 Å². The van der Waals surface area contributed by atoms with Crippen molar-refractivity contribution in [1.82, 2.24) is 0 Å². The second-order valence-corrected chi connectivity index (χ2v) is 2.68. The fourth-order valence-corrected chi connectivity index (χ4v) is 1.02. The van der Waals surface area contributed by atoms with E-state index in [0.29, 0.717) is 6.07 Å². The Morgan fingerprint density at radius 2 is 2.06 bits per heavy atom. The molecule has 0 spiro atoms. The van der Waals surface area contributed by atoms with Gasteiger partial charge in [-0.05, 0) is 12.1 Å². The number of carboxylic acid groups (broad SMARTS) is 1. The van der Waals surface area contributed by atoms with Crippen molar-refractivity contribution in [3.63, 3.8) is 0 Å². The van der Waals surface area contributed by atoms with Crippen LogP contribution in [0.2, 0.25) is 0 Å². The van der Waals surface area contributed by atoms with Crippen molar-refractivity contribution in [2.75, 3.05) is 0 Å². The highest BCUT2D eigenvalue weighted by molar-refractivity contribution is 5.91. The molecule has 4 nitrogen and oxygen atoms in total. The number of aldehydes is 1. The number of halogens is 3. The topological polar surface area (TPSA) is 63.6 Å². The zero-order chi connectivity index (χ0) is 12.3. The van der Waals surface area contributed by atoms with E-state index in [2.05, 4.69) is 4.74 Å². The number of carbonyl (C=O) groups excluding carboxylic acids is 1. The minimum atomic E-state index is -3.31. The van der Waals surface area contributed by atoms with Gasteiger partial charge in [-0.3, -0.25) is 4.79 Å². The number of hydrogen-bond acceptors (Lipinski definition) is 3. The molecule has 0 saturated carbocycles. The molecule has 0 radical (unpaired) electrons. The fourth-order valence-electron chi connectivity index (χ4n) is 1.02. The largest absolute Gasteiger partial charge is 0.478 e. The maximum absolute atomic E-state index is 13.2. The number of ether oxygens (including phenoxy) is 1. The van der Waals surface area contributed by atoms with E-state index in [1.165, 1.54) is 0 Å². The lowest BCUT2D eigenvalue weighted by Crippen LogP contribution is -2.08. The summed E-state index contributed by atoms with van der Waals surface area (Å²) in [6.45, 7) is -3.31. The molecule has 0 heterocycles. The molecule has 0 unspecified atom stereocenters. The monoisotopic (exact) mass is 234 g/mol. The van der Waals surface area contributed by atoms with Crippen LogP contribution in [0.15, 0.2) is 12.1 Å². The zero-order valence-electron chi connectivity index (χ0n) is 7.62. The summed E-state index contributed by atoms with van der Waals surface area (Å²) in [5.41, 5.74) is -1.17. The van der Waals surface area contributed by atoms with Crippen LogP contribution in [0.1, 0.15) is 20.7 Å². The number of benzene rings is 1. The molecule has 86 valence electrons. The van der Waals surface area contributed by atoms with Crippen LogP contribution in [-0.2, 0) is 0 Å². The summed E-state index contributed by atoms with van der Waals surface area (Å²) in [5.74, 6) is -4.10. The van der Waals surface area contributed by atoms with Crippen LogP contribution in [0.4, 0.5) is 13.2 Å². The number of carbonyl (C=O) groups is 2. The first-order valence-electron chi connectivity index (χ1n) is 3.92. The molecular formula is C9H5F3O4. The number of carboxylic acids is 1. The maximum atomic E-state index is 13.2. The number of rotatable bonds is 4. The third-order valence-electron chi connectivity index (χ3n) is 1.64. The van der Waals surface area contributed by atoms with Crippen LogP contribution in [0.3, 0.4) is 0 Å². The molecule has 0 aliphatic rings. The summed E-state index contributed by atoms with van der Waals surface area (Å²) in [4.78, 5) is 20.9. The summed E-state index contributed by atoms with van der Waals surface area (Å²) in [6.07, 6.45) is 0.199. The van der Waals surface area contributed by atoms with Gasteiger partial charge in [-0.25, -0.2) is 9.18 Å². The van der Waals surface area contributed by atoms with Gasteiger partial charge in [0.25, 0.3) is 0 Å². The van der Waals surface area contributed by atoms with Crippen molar-refractivity contribution < 1.29 is 32.6 Å². The van der Waals surface area contributed by atoms with Gasteiger partial charge in [0.2, 0.25) is 0 Å². The minimum absolute atomic E-state index is 0.199. The van der Waals surface area contributed by atoms with Crippen LogP contribution < -0.4 is 4.74 Å². The summed E-state index contributed by atoms with van der Waals surface area (Å²) in [5, 5.41) is 8.55. The van der Waals surface area contributed by atoms with Gasteiger partial charge in [0.15, 0.2) is 11.6 Å². The molecule has 7 heteroatoms. The second kappa shape index (κ2) is 4.65. The summed E-state index contributed by atoms with van der Waals surface area (Å²) in [6, 6.07) is 1.42. The van der Waals surface area contributed by atoms with E-state index in [1.807, 2.05) is 0 Å². The molecule has 16 heavy (non-hydrogen) atoms. The molecule has 0 bridgehead atoms. The second-order valence-electron chi connectivity index (χ2n) is 2.68. The predicted octanol–water partition coefficient (Wildman–Crippen LogP) is 1.94. The molecule has 0 amide bonds. The highest BCUT2D eigenvalue weighted by Gasteiger charge is 2.19. The maximum Gasteiger partial charge on any atom is 0.387 e. The quantitative estimate of drug-likeness (QED) is 0.808. The predicted molar refractivity (Wildman–Crippen MR) is 45.4 cm³/mol. The lowest BCUT2D eigenvalue weighted by Gasteiger charge is -2.08. The van der Waals surface area contributed by atoms with Crippen molar-refractivity contribution in [2.45, 2.75) is 6.61 Å². The normalized spacial score (nSPS) is 10.2. The SMILES string of the molecule is O=Cc1cc(OC(F)F)c(F)c(C(=O)O)c1. The summed E-state index contributed by atoms with van der Waals surface area (Å²) < 4.78 is 40.7. The van der Waals surface area contributed by atoms with E-state index < -0.39 is 29.7 Å².